The maximum absolute atomic E-state index is 14.4. The summed E-state index contributed by atoms with van der Waals surface area (Å²) in [5.41, 5.74) is 3.88. The first-order valence-electron chi connectivity index (χ1n) is 17.4. The van der Waals surface area contributed by atoms with Crippen molar-refractivity contribution in [3.63, 3.8) is 0 Å². The van der Waals surface area contributed by atoms with Crippen LogP contribution in [0.5, 0.6) is 0 Å². The highest BCUT2D eigenvalue weighted by Crippen LogP contribution is 2.35. The highest BCUT2D eigenvalue weighted by atomic mass is 32.2. The van der Waals surface area contributed by atoms with Crippen molar-refractivity contribution in [3.05, 3.63) is 30.3 Å². The predicted octanol–water partition coefficient (Wildman–Crippen LogP) is 3.58. The van der Waals surface area contributed by atoms with Crippen LogP contribution < -0.4 is 21.7 Å². The van der Waals surface area contributed by atoms with Gasteiger partial charge >= 0.3 is 6.03 Å². The first-order chi connectivity index (χ1) is 22.6. The molecule has 0 radical (unpaired) electrons. The van der Waals surface area contributed by atoms with E-state index in [2.05, 4.69) is 16.0 Å². The fourth-order valence-corrected chi connectivity index (χ4v) is 8.20. The highest BCUT2D eigenvalue weighted by molar-refractivity contribution is 7.91. The number of hydrogen-bond acceptors (Lipinski definition) is 7. The molecule has 274 valence electrons. The normalized spacial score (nSPS) is 20.3. The van der Waals surface area contributed by atoms with Gasteiger partial charge in [0.25, 0.3) is 5.91 Å². The number of sulfone groups is 1. The number of amides is 5. The molecular weight excluding hydrogens is 646 g/mol. The molecule has 49 heavy (non-hydrogen) atoms. The van der Waals surface area contributed by atoms with Crippen molar-refractivity contribution in [1.82, 2.24) is 20.9 Å². The summed E-state index contributed by atoms with van der Waals surface area (Å²) in [5.74, 6) is -2.85. The number of urea groups is 1. The monoisotopic (exact) mass is 703 g/mol. The van der Waals surface area contributed by atoms with E-state index in [-0.39, 0.29) is 35.4 Å². The Morgan fingerprint density at radius 1 is 0.898 bits per heavy atom. The van der Waals surface area contributed by atoms with Gasteiger partial charge < -0.3 is 26.6 Å². The van der Waals surface area contributed by atoms with E-state index in [0.29, 0.717) is 25.2 Å². The van der Waals surface area contributed by atoms with Crippen molar-refractivity contribution < 1.29 is 32.4 Å². The number of benzene rings is 1. The van der Waals surface area contributed by atoms with Gasteiger partial charge in [-0.2, -0.15) is 0 Å². The summed E-state index contributed by atoms with van der Waals surface area (Å²) in [6.45, 7) is 15.2. The molecule has 1 heterocycles. The Morgan fingerprint density at radius 3 is 2.02 bits per heavy atom. The Kier molecular flexibility index (Phi) is 13.1. The van der Waals surface area contributed by atoms with E-state index >= 15 is 0 Å². The molecule has 5 amide bonds. The van der Waals surface area contributed by atoms with Gasteiger partial charge in [-0.25, -0.2) is 13.2 Å². The van der Waals surface area contributed by atoms with Crippen LogP contribution in [0.2, 0.25) is 0 Å². The number of ketones is 1. The Labute approximate surface area is 292 Å². The molecule has 5 unspecified atom stereocenters. The number of nitrogens with zero attached hydrogens (tertiary/aromatic N) is 1. The zero-order chi connectivity index (χ0) is 36.9. The Bertz CT molecular complexity index is 1460. The third-order valence-electron chi connectivity index (χ3n) is 9.51. The SMILES string of the molecule is CC(C)CC1CCN(C(=O)C(NC(=O)NC(CS(=O)(=O)c2ccccc2)C(C)(C)C)C(C)(C)C)C1C(=O)NC(CCC1CC1)C(=O)C(N)=O. The first-order valence-corrected chi connectivity index (χ1v) is 19.1. The molecule has 13 heteroatoms. The lowest BCUT2D eigenvalue weighted by Crippen LogP contribution is -2.62. The van der Waals surface area contributed by atoms with Crippen LogP contribution in [0.1, 0.15) is 93.9 Å². The van der Waals surface area contributed by atoms with Crippen LogP contribution in [0.25, 0.3) is 0 Å². The topological polar surface area (TPSA) is 185 Å². The molecular formula is C36H57N5O7S. The van der Waals surface area contributed by atoms with Gasteiger partial charge in [0.1, 0.15) is 12.1 Å². The molecule has 1 aromatic rings. The number of primary amides is 1. The number of carbonyl (C=O) groups is 5. The Balaban J connectivity index is 1.85. The number of rotatable bonds is 15. The van der Waals surface area contributed by atoms with Crippen LogP contribution in [-0.2, 0) is 29.0 Å². The van der Waals surface area contributed by atoms with E-state index < -0.39 is 74.4 Å². The van der Waals surface area contributed by atoms with E-state index in [1.54, 1.807) is 39.0 Å². The van der Waals surface area contributed by atoms with Gasteiger partial charge in [0, 0.05) is 12.6 Å². The van der Waals surface area contributed by atoms with Gasteiger partial charge in [0.2, 0.25) is 17.6 Å². The van der Waals surface area contributed by atoms with Gasteiger partial charge in [-0.05, 0) is 66.4 Å². The van der Waals surface area contributed by atoms with Gasteiger partial charge in [0.05, 0.1) is 16.7 Å². The second-order valence-corrected chi connectivity index (χ2v) is 18.4. The van der Waals surface area contributed by atoms with Crippen molar-refractivity contribution >= 4 is 39.4 Å². The number of Topliss-reactive ketones (excluding diaryl/α,β-unsaturated/α-hetero) is 1. The highest BCUT2D eigenvalue weighted by Gasteiger charge is 2.47. The molecule has 2 fully saturated rings. The van der Waals surface area contributed by atoms with Crippen LogP contribution >= 0.6 is 0 Å². The maximum atomic E-state index is 14.4. The smallest absolute Gasteiger partial charge is 0.315 e. The van der Waals surface area contributed by atoms with Crippen molar-refractivity contribution in [2.45, 2.75) is 123 Å². The Hall–Kier alpha value is -3.48. The minimum absolute atomic E-state index is 0.149. The second kappa shape index (κ2) is 16.0. The van der Waals surface area contributed by atoms with Crippen molar-refractivity contribution in [2.24, 2.45) is 34.3 Å². The summed E-state index contributed by atoms with van der Waals surface area (Å²) in [5, 5.41) is 8.39. The molecule has 12 nitrogen and oxygen atoms in total. The number of carbonyl (C=O) groups excluding carboxylic acids is 5. The molecule has 1 saturated carbocycles. The van der Waals surface area contributed by atoms with Gasteiger partial charge in [-0.1, -0.05) is 86.4 Å². The summed E-state index contributed by atoms with van der Waals surface area (Å²) in [6.07, 6.45) is 4.25. The molecule has 1 saturated heterocycles. The van der Waals surface area contributed by atoms with Crippen LogP contribution in [0.15, 0.2) is 35.2 Å². The second-order valence-electron chi connectivity index (χ2n) is 16.4. The van der Waals surface area contributed by atoms with Gasteiger partial charge in [-0.15, -0.1) is 0 Å². The fraction of sp³-hybridized carbons (Fsp3) is 0.694. The maximum Gasteiger partial charge on any atom is 0.315 e. The van der Waals surface area contributed by atoms with Crippen LogP contribution in [0.4, 0.5) is 4.79 Å². The zero-order valence-corrected chi connectivity index (χ0v) is 31.2. The number of nitrogens with two attached hydrogens (primary N) is 1. The van der Waals surface area contributed by atoms with Crippen molar-refractivity contribution in [1.29, 1.82) is 0 Å². The predicted molar refractivity (Wildman–Crippen MR) is 188 cm³/mol. The molecule has 0 bridgehead atoms. The molecule has 1 aromatic carbocycles. The lowest BCUT2D eigenvalue weighted by Gasteiger charge is -2.37. The van der Waals surface area contributed by atoms with Crippen LogP contribution in [0, 0.1) is 28.6 Å². The molecule has 1 aliphatic carbocycles. The fourth-order valence-electron chi connectivity index (χ4n) is 6.42. The van der Waals surface area contributed by atoms with E-state index in [9.17, 15) is 32.4 Å². The quantitative estimate of drug-likeness (QED) is 0.201. The summed E-state index contributed by atoms with van der Waals surface area (Å²) < 4.78 is 26.5. The largest absolute Gasteiger partial charge is 0.363 e. The van der Waals surface area contributed by atoms with E-state index in [4.69, 9.17) is 5.73 Å². The Morgan fingerprint density at radius 2 is 1.51 bits per heavy atom. The standard InChI is InChI=1S/C36H57N5O7S/c1-22(2)20-24-18-19-41(28(24)32(44)38-26(29(42)31(37)43)17-16-23-14-15-23)33(45)30(36(6,7)8)40-34(46)39-27(35(3,4)5)21-49(47,48)25-12-10-9-11-13-25/h9-13,22-24,26-28,30H,14-21H2,1-8H3,(H2,37,43)(H,38,44)(H2,39,40,46). The average Bonchev–Trinajstić information content (AvgIpc) is 3.73. The van der Waals surface area contributed by atoms with E-state index in [0.717, 1.165) is 12.8 Å². The molecule has 1 aliphatic heterocycles. The minimum atomic E-state index is -3.75. The minimum Gasteiger partial charge on any atom is -0.363 e. The number of likely N-dealkylation sites (tertiary alicyclic amines) is 1. The number of hydrogen-bond donors (Lipinski definition) is 4. The summed E-state index contributed by atoms with van der Waals surface area (Å²) >= 11 is 0. The average molecular weight is 704 g/mol. The van der Waals surface area contributed by atoms with Gasteiger partial charge in [-0.3, -0.25) is 19.2 Å². The third-order valence-corrected chi connectivity index (χ3v) is 11.3. The molecule has 0 aromatic heterocycles. The summed E-state index contributed by atoms with van der Waals surface area (Å²) in [4.78, 5) is 68.2. The summed E-state index contributed by atoms with van der Waals surface area (Å²) in [7, 11) is -3.75. The lowest BCUT2D eigenvalue weighted by molar-refractivity contribution is -0.144. The number of nitrogens with one attached hydrogen (secondary N) is 3. The molecule has 3 rings (SSSR count). The van der Waals surface area contributed by atoms with Crippen molar-refractivity contribution in [3.8, 4) is 0 Å². The molecule has 2 aliphatic rings. The summed E-state index contributed by atoms with van der Waals surface area (Å²) in [6, 6.07) is 3.44. The molecule has 0 spiro atoms. The first kappa shape index (κ1) is 40.0. The van der Waals surface area contributed by atoms with Crippen molar-refractivity contribution in [2.75, 3.05) is 12.3 Å². The lowest BCUT2D eigenvalue weighted by atomic mass is 9.85. The van der Waals surface area contributed by atoms with Crippen LogP contribution in [-0.4, -0.2) is 79.3 Å². The third kappa shape index (κ3) is 11.3. The van der Waals surface area contributed by atoms with Gasteiger partial charge in [0.15, 0.2) is 9.84 Å². The van der Waals surface area contributed by atoms with E-state index in [1.807, 2.05) is 34.6 Å². The molecule has 5 atom stereocenters. The molecule has 5 N–H and O–H groups in total. The van der Waals surface area contributed by atoms with E-state index in [1.165, 1.54) is 17.0 Å². The van der Waals surface area contributed by atoms with Crippen LogP contribution in [0.3, 0.4) is 0 Å². The zero-order valence-electron chi connectivity index (χ0n) is 30.4.